The van der Waals surface area contributed by atoms with Crippen molar-refractivity contribution in [3.63, 3.8) is 0 Å². The third-order valence-corrected chi connectivity index (χ3v) is 9.32. The number of rotatable bonds is 9. The molecule has 34 heavy (non-hydrogen) atoms. The van der Waals surface area contributed by atoms with E-state index in [0.717, 1.165) is 50.6 Å². The number of pyridine rings is 1. The van der Waals surface area contributed by atoms with Crippen LogP contribution in [0.1, 0.15) is 54.6 Å². The molecule has 1 fully saturated rings. The number of piperidine rings is 1. The molecule has 0 atom stereocenters. The van der Waals surface area contributed by atoms with Gasteiger partial charge < -0.3 is 4.90 Å². The second-order valence-electron chi connectivity index (χ2n) is 8.84. The predicted molar refractivity (Wildman–Crippen MR) is 137 cm³/mol. The number of aromatic nitrogens is 1. The van der Waals surface area contributed by atoms with Crippen molar-refractivity contribution < 1.29 is 13.2 Å². The largest absolute Gasteiger partial charge is 0.345 e. The summed E-state index contributed by atoms with van der Waals surface area (Å²) in [4.78, 5) is 17.9. The van der Waals surface area contributed by atoms with E-state index in [9.17, 15) is 13.2 Å². The zero-order valence-corrected chi connectivity index (χ0v) is 22.5. The van der Waals surface area contributed by atoms with Gasteiger partial charge in [0, 0.05) is 32.9 Å². The van der Waals surface area contributed by atoms with Crippen molar-refractivity contribution >= 4 is 50.7 Å². The van der Waals surface area contributed by atoms with Crippen LogP contribution in [0.15, 0.2) is 35.2 Å². The van der Waals surface area contributed by atoms with Gasteiger partial charge in [0.1, 0.15) is 10.0 Å². The van der Waals surface area contributed by atoms with Crippen molar-refractivity contribution in [2.45, 2.75) is 49.8 Å². The van der Waals surface area contributed by atoms with Crippen LogP contribution in [0, 0.1) is 5.92 Å². The molecule has 10 heteroatoms. The van der Waals surface area contributed by atoms with E-state index in [2.05, 4.69) is 4.98 Å². The van der Waals surface area contributed by atoms with Crippen LogP contribution in [0.5, 0.6) is 0 Å². The summed E-state index contributed by atoms with van der Waals surface area (Å²) in [5, 5.41) is 0.560. The zero-order chi connectivity index (χ0) is 24.9. The first-order chi connectivity index (χ1) is 16.1. The number of carbonyl (C=O) groups excluding carboxylic acids is 1. The molecule has 1 aromatic heterocycles. The number of hydrogen-bond donors (Lipinski definition) is 0. The lowest BCUT2D eigenvalue weighted by atomic mass is 9.92. The highest BCUT2D eigenvalue weighted by Crippen LogP contribution is 2.34. The van der Waals surface area contributed by atoms with Crippen molar-refractivity contribution in [2.24, 2.45) is 5.92 Å². The monoisotopic (exact) mass is 545 g/mol. The number of benzene rings is 1. The van der Waals surface area contributed by atoms with Crippen LogP contribution >= 0.6 is 34.8 Å². The Morgan fingerprint density at radius 1 is 1.03 bits per heavy atom. The van der Waals surface area contributed by atoms with Gasteiger partial charge in [0.15, 0.2) is 0 Å². The molecule has 0 N–H and O–H groups in total. The molecule has 0 bridgehead atoms. The second kappa shape index (κ2) is 12.0. The maximum absolute atomic E-state index is 13.0. The topological polar surface area (TPSA) is 70.6 Å². The molecular weight excluding hydrogens is 517 g/mol. The smallest absolute Gasteiger partial charge is 0.256 e. The molecule has 0 unspecified atom stereocenters. The summed E-state index contributed by atoms with van der Waals surface area (Å²) >= 11 is 18.4. The number of unbranched alkanes of at least 4 members (excludes halogenated alkanes) is 2. The number of hydrogen-bond acceptors (Lipinski definition) is 4. The highest BCUT2D eigenvalue weighted by Gasteiger charge is 2.32. The van der Waals surface area contributed by atoms with Gasteiger partial charge in [-0.05, 0) is 55.9 Å². The fourth-order valence-corrected chi connectivity index (χ4v) is 7.04. The summed E-state index contributed by atoms with van der Waals surface area (Å²) in [6.45, 7) is 0.962. The first-order valence-corrected chi connectivity index (χ1v) is 14.0. The van der Waals surface area contributed by atoms with Gasteiger partial charge in [-0.1, -0.05) is 60.1 Å². The molecule has 1 amide bonds. The molecule has 0 spiro atoms. The number of amides is 1. The minimum atomic E-state index is -3.70. The van der Waals surface area contributed by atoms with Crippen molar-refractivity contribution in [3.8, 4) is 0 Å². The van der Waals surface area contributed by atoms with Gasteiger partial charge in [-0.2, -0.15) is 4.31 Å². The van der Waals surface area contributed by atoms with E-state index in [-0.39, 0.29) is 26.0 Å². The Labute approximate surface area is 217 Å². The normalized spacial score (nSPS) is 15.4. The minimum Gasteiger partial charge on any atom is -0.345 e. The molecule has 2 heterocycles. The third kappa shape index (κ3) is 6.64. The average molecular weight is 547 g/mol. The average Bonchev–Trinajstić information content (AvgIpc) is 2.78. The zero-order valence-electron chi connectivity index (χ0n) is 19.4. The van der Waals surface area contributed by atoms with Gasteiger partial charge in [0.05, 0.1) is 15.6 Å². The molecule has 1 aliphatic heterocycles. The highest BCUT2D eigenvalue weighted by atomic mass is 35.5. The summed E-state index contributed by atoms with van der Waals surface area (Å²) in [6.07, 6.45) is 6.68. The van der Waals surface area contributed by atoms with Crippen molar-refractivity contribution in [2.75, 3.05) is 27.2 Å². The number of nitrogens with zero attached hydrogens (tertiary/aromatic N) is 3. The SMILES string of the molecule is CN(C)C(=O)c1ccc(CCCCCC2CCN(S(=O)(=O)c3c(Cl)cccc3Cl)CC2)nc1Cl. The summed E-state index contributed by atoms with van der Waals surface area (Å²) in [7, 11) is -0.327. The van der Waals surface area contributed by atoms with Crippen molar-refractivity contribution in [3.05, 3.63) is 56.8 Å². The quantitative estimate of drug-likeness (QED) is 0.288. The lowest BCUT2D eigenvalue weighted by molar-refractivity contribution is 0.0827. The Kier molecular flexibility index (Phi) is 9.64. The molecule has 6 nitrogen and oxygen atoms in total. The molecule has 0 aliphatic carbocycles. The van der Waals surface area contributed by atoms with Crippen LogP contribution < -0.4 is 0 Å². The molecule has 1 aliphatic rings. The van der Waals surface area contributed by atoms with E-state index in [1.54, 1.807) is 38.4 Å². The van der Waals surface area contributed by atoms with Crippen LogP contribution in [-0.2, 0) is 16.4 Å². The molecule has 2 aromatic rings. The maximum Gasteiger partial charge on any atom is 0.256 e. The van der Waals surface area contributed by atoms with E-state index in [1.807, 2.05) is 6.07 Å². The Morgan fingerprint density at radius 2 is 1.68 bits per heavy atom. The van der Waals surface area contributed by atoms with Gasteiger partial charge >= 0.3 is 0 Å². The predicted octanol–water partition coefficient (Wildman–Crippen LogP) is 5.95. The van der Waals surface area contributed by atoms with Crippen LogP contribution in [0.25, 0.3) is 0 Å². The Hall–Kier alpha value is -1.38. The van der Waals surface area contributed by atoms with Crippen LogP contribution in [0.2, 0.25) is 15.2 Å². The van der Waals surface area contributed by atoms with Crippen molar-refractivity contribution in [1.82, 2.24) is 14.2 Å². The fourth-order valence-electron chi connectivity index (χ4n) is 4.22. The highest BCUT2D eigenvalue weighted by molar-refractivity contribution is 7.89. The lowest BCUT2D eigenvalue weighted by Gasteiger charge is -2.31. The Balaban J connectivity index is 1.41. The molecular formula is C24H30Cl3N3O3S. The number of sulfonamides is 1. The second-order valence-corrected chi connectivity index (χ2v) is 11.9. The van der Waals surface area contributed by atoms with Crippen LogP contribution in [0.4, 0.5) is 0 Å². The Bertz CT molecular complexity index is 1100. The van der Waals surface area contributed by atoms with Crippen LogP contribution in [-0.4, -0.2) is 55.7 Å². The molecule has 186 valence electrons. The van der Waals surface area contributed by atoms with Gasteiger partial charge in [0.2, 0.25) is 10.0 Å². The lowest BCUT2D eigenvalue weighted by Crippen LogP contribution is -2.38. The minimum absolute atomic E-state index is 0.00427. The van der Waals surface area contributed by atoms with Crippen molar-refractivity contribution in [1.29, 1.82) is 0 Å². The van der Waals surface area contributed by atoms with E-state index < -0.39 is 10.0 Å². The number of carbonyl (C=O) groups is 1. The van der Waals surface area contributed by atoms with Gasteiger partial charge in [-0.25, -0.2) is 13.4 Å². The number of halogens is 3. The summed E-state index contributed by atoms with van der Waals surface area (Å²) in [5.74, 6) is 0.356. The molecule has 0 radical (unpaired) electrons. The summed E-state index contributed by atoms with van der Waals surface area (Å²) in [5.41, 5.74) is 1.30. The Morgan fingerprint density at radius 3 is 2.26 bits per heavy atom. The van der Waals surface area contributed by atoms with Gasteiger partial charge in [-0.15, -0.1) is 0 Å². The third-order valence-electron chi connectivity index (χ3n) is 6.18. The maximum atomic E-state index is 13.0. The van der Waals surface area contributed by atoms with E-state index in [0.29, 0.717) is 24.6 Å². The van der Waals surface area contributed by atoms with E-state index in [1.165, 1.54) is 9.21 Å². The molecule has 0 saturated carbocycles. The molecule has 3 rings (SSSR count). The summed E-state index contributed by atoms with van der Waals surface area (Å²) < 4.78 is 27.5. The van der Waals surface area contributed by atoms with Crippen LogP contribution in [0.3, 0.4) is 0 Å². The van der Waals surface area contributed by atoms with Gasteiger partial charge in [0.25, 0.3) is 5.91 Å². The standard InChI is InChI=1S/C24H30Cl3N3O3S/c1-29(2)24(31)19-12-11-18(28-23(19)27)8-5-3-4-7-17-13-15-30(16-14-17)34(32,33)22-20(25)9-6-10-21(22)26/h6,9-12,17H,3-5,7-8,13-16H2,1-2H3. The van der Waals surface area contributed by atoms with E-state index >= 15 is 0 Å². The first kappa shape index (κ1) is 27.2. The number of aryl methyl sites for hydroxylation is 1. The molecule has 1 saturated heterocycles. The van der Waals surface area contributed by atoms with Gasteiger partial charge in [-0.3, -0.25) is 4.79 Å². The molecule has 1 aromatic carbocycles. The van der Waals surface area contributed by atoms with E-state index in [4.69, 9.17) is 34.8 Å². The first-order valence-electron chi connectivity index (χ1n) is 11.4. The summed E-state index contributed by atoms with van der Waals surface area (Å²) in [6, 6.07) is 8.35. The fraction of sp³-hybridized carbons (Fsp3) is 0.500.